The predicted octanol–water partition coefficient (Wildman–Crippen LogP) is 4.00. The van der Waals surface area contributed by atoms with Crippen LogP contribution < -0.4 is 20.9 Å². The van der Waals surface area contributed by atoms with Crippen LogP contribution in [0.5, 0.6) is 0 Å². The summed E-state index contributed by atoms with van der Waals surface area (Å²) in [4.78, 5) is 29.7. The first kappa shape index (κ1) is 21.1. The van der Waals surface area contributed by atoms with Crippen molar-refractivity contribution in [2.24, 2.45) is 0 Å². The highest BCUT2D eigenvalue weighted by Crippen LogP contribution is 2.42. The third kappa shape index (κ3) is 3.09. The van der Waals surface area contributed by atoms with Crippen molar-refractivity contribution in [3.05, 3.63) is 98.5 Å². The van der Waals surface area contributed by atoms with Gasteiger partial charge in [0.25, 0.3) is 0 Å². The molecule has 3 N–H and O–H groups in total. The summed E-state index contributed by atoms with van der Waals surface area (Å²) in [7, 11) is 0. The van der Waals surface area contributed by atoms with E-state index in [1.807, 2.05) is 30.3 Å². The standard InChI is InChI=1S/C24H15BrFN5O2S/c25-14-9-10-19-16(11-14)24(22(33)27-19)29-18-8-4-2-6-15(18)20-21(32)28-23(30-31(20)24)34-12-13-5-1-3-7-17(13)26/h1-11H,12H2,(H2,27,28,30,32,33)/p+1/t24-/m1/s1. The van der Waals surface area contributed by atoms with E-state index in [1.165, 1.54) is 22.5 Å². The molecule has 0 saturated heterocycles. The topological polar surface area (TPSA) is 90.8 Å². The van der Waals surface area contributed by atoms with E-state index in [1.54, 1.807) is 30.3 Å². The molecule has 1 aromatic heterocycles. The molecule has 6 rings (SSSR count). The molecule has 0 aliphatic carbocycles. The number of fused-ring (bicyclic) bond motifs is 6. The molecule has 0 bridgehead atoms. The first-order valence-electron chi connectivity index (χ1n) is 10.4. The number of aromatic amines is 1. The van der Waals surface area contributed by atoms with Crippen LogP contribution in [0, 0.1) is 5.82 Å². The van der Waals surface area contributed by atoms with E-state index >= 15 is 0 Å². The zero-order valence-electron chi connectivity index (χ0n) is 17.4. The van der Waals surface area contributed by atoms with Crippen molar-refractivity contribution < 1.29 is 13.9 Å². The molecule has 1 amide bonds. The summed E-state index contributed by atoms with van der Waals surface area (Å²) in [5.74, 6) is -0.422. The molecule has 4 aromatic rings. The molecule has 34 heavy (non-hydrogen) atoms. The molecule has 168 valence electrons. The van der Waals surface area contributed by atoms with E-state index in [-0.39, 0.29) is 28.3 Å². The Balaban J connectivity index is 1.56. The second-order valence-electron chi connectivity index (χ2n) is 7.92. The molecule has 7 nitrogen and oxygen atoms in total. The number of thioether (sulfide) groups is 1. The molecule has 1 atom stereocenters. The van der Waals surface area contributed by atoms with Crippen LogP contribution >= 0.6 is 27.7 Å². The van der Waals surface area contributed by atoms with Crippen LogP contribution in [-0.4, -0.2) is 16.0 Å². The Morgan fingerprint density at radius 1 is 1.03 bits per heavy atom. The van der Waals surface area contributed by atoms with Gasteiger partial charge in [0.05, 0.1) is 22.5 Å². The monoisotopic (exact) mass is 536 g/mol. The van der Waals surface area contributed by atoms with Crippen LogP contribution in [0.15, 0.2) is 81.2 Å². The number of nitrogens with one attached hydrogen (secondary N) is 3. The molecule has 0 unspecified atom stereocenters. The van der Waals surface area contributed by atoms with Crippen molar-refractivity contribution in [1.82, 2.24) is 10.1 Å². The summed E-state index contributed by atoms with van der Waals surface area (Å²) in [5.41, 5.74) is 1.42. The second kappa shape index (κ2) is 7.78. The van der Waals surface area contributed by atoms with Crippen LogP contribution in [0.3, 0.4) is 0 Å². The van der Waals surface area contributed by atoms with E-state index in [0.717, 1.165) is 4.47 Å². The van der Waals surface area contributed by atoms with E-state index < -0.39 is 11.2 Å². The SMILES string of the molecule is O=C1Nc2ccc(Br)cc2[C@]12Nc1ccccc1-c1c(=O)[nH]c(SCc3ccccc3F)n[n+]12. The van der Waals surface area contributed by atoms with Gasteiger partial charge in [0.2, 0.25) is 5.16 Å². The van der Waals surface area contributed by atoms with Crippen LogP contribution in [-0.2, 0) is 16.2 Å². The molecule has 0 fully saturated rings. The first-order chi connectivity index (χ1) is 16.5. The minimum Gasteiger partial charge on any atom is -0.317 e. The fourth-order valence-electron chi connectivity index (χ4n) is 4.36. The largest absolute Gasteiger partial charge is 0.374 e. The second-order valence-corrected chi connectivity index (χ2v) is 9.80. The number of para-hydroxylation sites is 1. The van der Waals surface area contributed by atoms with Crippen molar-refractivity contribution in [2.75, 3.05) is 10.6 Å². The van der Waals surface area contributed by atoms with Gasteiger partial charge in [-0.3, -0.25) is 14.6 Å². The molecule has 1 spiro atoms. The van der Waals surface area contributed by atoms with Gasteiger partial charge in [-0.25, -0.2) is 4.39 Å². The summed E-state index contributed by atoms with van der Waals surface area (Å²) in [6.07, 6.45) is 0. The maximum atomic E-state index is 14.1. The number of aromatic nitrogens is 3. The van der Waals surface area contributed by atoms with Gasteiger partial charge in [0.15, 0.2) is 0 Å². The van der Waals surface area contributed by atoms with Crippen molar-refractivity contribution in [3.8, 4) is 11.3 Å². The van der Waals surface area contributed by atoms with E-state index in [4.69, 9.17) is 5.10 Å². The first-order valence-corrected chi connectivity index (χ1v) is 12.2. The van der Waals surface area contributed by atoms with Gasteiger partial charge in [-0.1, -0.05) is 58.0 Å². The highest BCUT2D eigenvalue weighted by Gasteiger charge is 2.62. The van der Waals surface area contributed by atoms with Crippen molar-refractivity contribution in [3.63, 3.8) is 0 Å². The Bertz CT molecular complexity index is 1560. The third-order valence-electron chi connectivity index (χ3n) is 5.92. The van der Waals surface area contributed by atoms with Crippen molar-refractivity contribution in [2.45, 2.75) is 16.6 Å². The van der Waals surface area contributed by atoms with E-state index in [0.29, 0.717) is 28.1 Å². The highest BCUT2D eigenvalue weighted by molar-refractivity contribution is 9.10. The number of hydrogen-bond donors (Lipinski definition) is 3. The Morgan fingerprint density at radius 2 is 1.82 bits per heavy atom. The number of carbonyl (C=O) groups is 1. The molecular weight excluding hydrogens is 521 g/mol. The number of benzene rings is 3. The molecule has 2 aliphatic heterocycles. The average molecular weight is 537 g/mol. The van der Waals surface area contributed by atoms with Crippen molar-refractivity contribution >= 4 is 45.0 Å². The molecule has 0 saturated carbocycles. The van der Waals surface area contributed by atoms with Gasteiger partial charge in [-0.05, 0) is 46.6 Å². The number of rotatable bonds is 3. The number of H-pyrrole nitrogens is 1. The van der Waals surface area contributed by atoms with Gasteiger partial charge in [-0.15, -0.1) is 0 Å². The fraction of sp³-hybridized carbons (Fsp3) is 0.0833. The molecule has 2 aliphatic rings. The van der Waals surface area contributed by atoms with Gasteiger partial charge >= 0.3 is 22.8 Å². The fourth-order valence-corrected chi connectivity index (χ4v) is 5.56. The van der Waals surface area contributed by atoms with Gasteiger partial charge in [-0.2, -0.15) is 0 Å². The van der Waals surface area contributed by atoms with Crippen LogP contribution in [0.4, 0.5) is 15.8 Å². The molecular formula is C24H16BrFN5O2S+. The van der Waals surface area contributed by atoms with Gasteiger partial charge in [0.1, 0.15) is 5.82 Å². The Kier molecular flexibility index (Phi) is 4.82. The summed E-state index contributed by atoms with van der Waals surface area (Å²) >= 11 is 4.68. The molecule has 0 radical (unpaired) electrons. The lowest BCUT2D eigenvalue weighted by molar-refractivity contribution is -0.781. The van der Waals surface area contributed by atoms with Crippen LogP contribution in [0.25, 0.3) is 11.3 Å². The number of halogens is 2. The maximum Gasteiger partial charge on any atom is 0.374 e. The average Bonchev–Trinajstić information content (AvgIpc) is 3.10. The maximum absolute atomic E-state index is 14.1. The Morgan fingerprint density at radius 3 is 2.68 bits per heavy atom. The van der Waals surface area contributed by atoms with Gasteiger partial charge < -0.3 is 10.6 Å². The van der Waals surface area contributed by atoms with Crippen LogP contribution in [0.2, 0.25) is 0 Å². The minimum absolute atomic E-state index is 0.257. The van der Waals surface area contributed by atoms with E-state index in [9.17, 15) is 14.0 Å². The zero-order valence-corrected chi connectivity index (χ0v) is 19.8. The summed E-state index contributed by atoms with van der Waals surface area (Å²) < 4.78 is 16.4. The Hall–Kier alpha value is -3.50. The number of carbonyl (C=O) groups excluding carboxylic acids is 1. The van der Waals surface area contributed by atoms with E-state index in [2.05, 4.69) is 31.5 Å². The normalized spacial score (nSPS) is 17.5. The number of nitrogens with zero attached hydrogens (tertiary/aromatic N) is 2. The summed E-state index contributed by atoms with van der Waals surface area (Å²) in [6, 6.07) is 19.2. The zero-order chi connectivity index (χ0) is 23.4. The minimum atomic E-state index is -1.47. The number of hydrogen-bond acceptors (Lipinski definition) is 5. The highest BCUT2D eigenvalue weighted by atomic mass is 79.9. The lowest BCUT2D eigenvalue weighted by Gasteiger charge is -2.28. The van der Waals surface area contributed by atoms with Gasteiger partial charge in [0, 0.05) is 15.3 Å². The quantitative estimate of drug-likeness (QED) is 0.272. The summed E-state index contributed by atoms with van der Waals surface area (Å²) in [6.45, 7) is 0. The molecule has 10 heteroatoms. The number of amides is 1. The third-order valence-corrected chi connectivity index (χ3v) is 7.33. The number of anilines is 2. The Labute approximate surface area is 205 Å². The lowest BCUT2D eigenvalue weighted by Crippen LogP contribution is -2.71. The van der Waals surface area contributed by atoms with Crippen LogP contribution in [0.1, 0.15) is 11.1 Å². The predicted molar refractivity (Wildman–Crippen MR) is 130 cm³/mol. The summed E-state index contributed by atoms with van der Waals surface area (Å²) in [5, 5.41) is 11.2. The smallest absolute Gasteiger partial charge is 0.317 e. The molecule has 3 heterocycles. The molecule has 3 aromatic carbocycles. The van der Waals surface area contributed by atoms with Crippen molar-refractivity contribution in [1.29, 1.82) is 0 Å². The lowest BCUT2D eigenvalue weighted by atomic mass is 9.95.